The maximum atomic E-state index is 12.8. The van der Waals surface area contributed by atoms with E-state index in [-0.39, 0.29) is 24.1 Å². The molecular weight excluding hydrogens is 397 g/mol. The van der Waals surface area contributed by atoms with Crippen molar-refractivity contribution in [3.05, 3.63) is 77.2 Å². The van der Waals surface area contributed by atoms with Gasteiger partial charge in [-0.25, -0.2) is 0 Å². The number of benzene rings is 2. The average Bonchev–Trinajstić information content (AvgIpc) is 3.12. The number of halogens is 3. The van der Waals surface area contributed by atoms with Crippen molar-refractivity contribution in [3.63, 3.8) is 0 Å². The number of carbonyl (C=O) groups excluding carboxylic acids is 1. The van der Waals surface area contributed by atoms with Crippen molar-refractivity contribution in [1.29, 1.82) is 0 Å². The molecule has 1 N–H and O–H groups in total. The largest absolute Gasteiger partial charge is 0.408 e. The summed E-state index contributed by atoms with van der Waals surface area (Å²) in [6.45, 7) is 0. The molecule has 0 saturated carbocycles. The highest BCUT2D eigenvalue weighted by atomic mass is 19.4. The number of aromatic nitrogens is 2. The maximum absolute atomic E-state index is 12.8. The lowest BCUT2D eigenvalue weighted by atomic mass is 9.96. The van der Waals surface area contributed by atoms with Crippen LogP contribution < -0.4 is 5.32 Å². The van der Waals surface area contributed by atoms with E-state index in [9.17, 15) is 18.0 Å². The Labute approximate surface area is 169 Å². The number of carbonyl (C=O) groups is 1. The van der Waals surface area contributed by atoms with Crippen molar-refractivity contribution in [2.75, 3.05) is 5.32 Å². The number of nitrogens with zero attached hydrogens (tertiary/aromatic N) is 3. The number of anilines is 1. The summed E-state index contributed by atoms with van der Waals surface area (Å²) >= 11 is 0. The molecule has 0 spiro atoms. The van der Waals surface area contributed by atoms with Crippen LogP contribution in [-0.4, -0.2) is 34.0 Å². The second-order valence-corrected chi connectivity index (χ2v) is 6.81. The van der Waals surface area contributed by atoms with E-state index in [0.29, 0.717) is 5.71 Å². The molecule has 2 aromatic carbocycles. The number of fused-ring (bicyclic) bond motifs is 1. The highest BCUT2D eigenvalue weighted by molar-refractivity contribution is 6.16. The van der Waals surface area contributed by atoms with Gasteiger partial charge in [0, 0.05) is 24.0 Å². The van der Waals surface area contributed by atoms with E-state index >= 15 is 0 Å². The Morgan fingerprint density at radius 1 is 1.03 bits per heavy atom. The first kappa shape index (κ1) is 19.8. The van der Waals surface area contributed by atoms with Crippen molar-refractivity contribution < 1.29 is 22.4 Å². The molecule has 0 fully saturated rings. The van der Waals surface area contributed by atoms with Crippen LogP contribution >= 0.6 is 0 Å². The fourth-order valence-corrected chi connectivity index (χ4v) is 3.18. The third-order valence-corrected chi connectivity index (χ3v) is 4.60. The van der Waals surface area contributed by atoms with Crippen LogP contribution in [0.15, 0.2) is 64.0 Å². The average molecular weight is 414 g/mol. The smallest absolute Gasteiger partial charge is 0.389 e. The number of aryl methyl sites for hydroxylation is 1. The van der Waals surface area contributed by atoms with E-state index in [1.807, 2.05) is 54.6 Å². The number of aliphatic imine (C=N–C) groups is 1. The molecule has 154 valence electrons. The van der Waals surface area contributed by atoms with Gasteiger partial charge in [0.05, 0.1) is 12.1 Å². The van der Waals surface area contributed by atoms with Gasteiger partial charge in [0.15, 0.2) is 11.9 Å². The summed E-state index contributed by atoms with van der Waals surface area (Å²) in [7, 11) is 0. The molecule has 0 saturated heterocycles. The highest BCUT2D eigenvalue weighted by Gasteiger charge is 2.29. The lowest BCUT2D eigenvalue weighted by Crippen LogP contribution is -2.29. The van der Waals surface area contributed by atoms with Gasteiger partial charge in [0.2, 0.25) is 5.89 Å². The Bertz CT molecular complexity index is 1080. The van der Waals surface area contributed by atoms with Gasteiger partial charge in [-0.3, -0.25) is 9.79 Å². The third kappa shape index (κ3) is 4.56. The molecule has 1 unspecified atom stereocenters. The molecule has 3 aromatic rings. The van der Waals surface area contributed by atoms with Crippen molar-refractivity contribution in [2.45, 2.75) is 31.6 Å². The van der Waals surface area contributed by atoms with E-state index in [1.165, 1.54) is 0 Å². The van der Waals surface area contributed by atoms with Gasteiger partial charge >= 0.3 is 12.2 Å². The van der Waals surface area contributed by atoms with Crippen LogP contribution in [0.3, 0.4) is 0 Å². The van der Waals surface area contributed by atoms with Crippen molar-refractivity contribution in [3.8, 4) is 0 Å². The minimum atomic E-state index is -4.32. The summed E-state index contributed by atoms with van der Waals surface area (Å²) in [5, 5.41) is 10.1. The predicted molar refractivity (Wildman–Crippen MR) is 103 cm³/mol. The minimum Gasteiger partial charge on any atom is -0.408 e. The normalized spacial score (nSPS) is 16.6. The fraction of sp³-hybridized carbons (Fsp3) is 0.238. The summed E-state index contributed by atoms with van der Waals surface area (Å²) in [5.41, 5.74) is 3.15. The summed E-state index contributed by atoms with van der Waals surface area (Å²) in [4.78, 5) is 17.4. The predicted octanol–water partition coefficient (Wildman–Crippen LogP) is 3.97. The Kier molecular flexibility index (Phi) is 5.35. The van der Waals surface area contributed by atoms with Crippen LogP contribution in [-0.2, 0) is 17.6 Å². The molecule has 2 heterocycles. The molecule has 0 aliphatic carbocycles. The van der Waals surface area contributed by atoms with E-state index < -0.39 is 25.2 Å². The number of hydrogen-bond acceptors (Lipinski definition) is 6. The van der Waals surface area contributed by atoms with Crippen LogP contribution in [0.4, 0.5) is 19.2 Å². The topological polar surface area (TPSA) is 80.4 Å². The standard InChI is InChI=1S/C21H17F3N4O2/c22-21(23,24)11-10-17-27-28-20(30-17)26-19-16(29)12-14-8-4-5-9-15(14)18(25-19)13-6-2-1-3-7-13/h1-9,19H,10-12H2,(H,26,28). The number of hydrogen-bond donors (Lipinski definition) is 1. The van der Waals surface area contributed by atoms with Crippen LogP contribution in [0.25, 0.3) is 0 Å². The first-order valence-electron chi connectivity index (χ1n) is 9.29. The zero-order chi connectivity index (χ0) is 21.1. The second kappa shape index (κ2) is 8.10. The number of Topliss-reactive ketones (excluding diaryl/α,β-unsaturated/α-hetero) is 1. The van der Waals surface area contributed by atoms with Gasteiger partial charge in [0.1, 0.15) is 0 Å². The molecule has 1 aliphatic heterocycles. The number of nitrogens with one attached hydrogen (secondary N) is 1. The highest BCUT2D eigenvalue weighted by Crippen LogP contribution is 2.24. The van der Waals surface area contributed by atoms with Gasteiger partial charge in [-0.1, -0.05) is 59.7 Å². The van der Waals surface area contributed by atoms with E-state index in [4.69, 9.17) is 4.42 Å². The Morgan fingerprint density at radius 3 is 2.53 bits per heavy atom. The fourth-order valence-electron chi connectivity index (χ4n) is 3.18. The summed E-state index contributed by atoms with van der Waals surface area (Å²) in [6.07, 6.45) is -6.69. The van der Waals surface area contributed by atoms with Crippen molar-refractivity contribution in [1.82, 2.24) is 10.2 Å². The SMILES string of the molecule is O=C1Cc2ccccc2C(c2ccccc2)=NC1Nc1nnc(CCC(F)(F)F)o1. The molecule has 1 aliphatic rings. The summed E-state index contributed by atoms with van der Waals surface area (Å²) in [5.74, 6) is -0.380. The van der Waals surface area contributed by atoms with Crippen LogP contribution in [0, 0.1) is 0 Å². The van der Waals surface area contributed by atoms with Crippen LogP contribution in [0.1, 0.15) is 29.0 Å². The first-order chi connectivity index (χ1) is 14.4. The zero-order valence-electron chi connectivity index (χ0n) is 15.7. The molecule has 9 heteroatoms. The molecule has 30 heavy (non-hydrogen) atoms. The Hall–Kier alpha value is -3.49. The van der Waals surface area contributed by atoms with Crippen molar-refractivity contribution in [2.24, 2.45) is 4.99 Å². The van der Waals surface area contributed by atoms with Gasteiger partial charge in [-0.15, -0.1) is 5.10 Å². The minimum absolute atomic E-state index is 0.142. The third-order valence-electron chi connectivity index (χ3n) is 4.60. The number of rotatable bonds is 5. The number of alkyl halides is 3. The molecular formula is C21H17F3N4O2. The monoisotopic (exact) mass is 414 g/mol. The summed E-state index contributed by atoms with van der Waals surface area (Å²) in [6, 6.07) is 16.8. The van der Waals surface area contributed by atoms with Gasteiger partial charge in [-0.05, 0) is 5.56 Å². The zero-order valence-corrected chi connectivity index (χ0v) is 15.7. The van der Waals surface area contributed by atoms with Gasteiger partial charge in [-0.2, -0.15) is 13.2 Å². The van der Waals surface area contributed by atoms with E-state index in [0.717, 1.165) is 16.7 Å². The van der Waals surface area contributed by atoms with Gasteiger partial charge in [0.25, 0.3) is 0 Å². The Balaban J connectivity index is 1.62. The lowest BCUT2D eigenvalue weighted by molar-refractivity contribution is -0.134. The van der Waals surface area contributed by atoms with Gasteiger partial charge < -0.3 is 9.73 Å². The van der Waals surface area contributed by atoms with E-state index in [2.05, 4.69) is 20.5 Å². The molecule has 0 amide bonds. The maximum Gasteiger partial charge on any atom is 0.389 e. The molecule has 6 nitrogen and oxygen atoms in total. The second-order valence-electron chi connectivity index (χ2n) is 6.81. The first-order valence-corrected chi connectivity index (χ1v) is 9.29. The molecule has 0 radical (unpaired) electrons. The lowest BCUT2D eigenvalue weighted by Gasteiger charge is -2.11. The molecule has 4 rings (SSSR count). The summed E-state index contributed by atoms with van der Waals surface area (Å²) < 4.78 is 42.4. The van der Waals surface area contributed by atoms with Crippen molar-refractivity contribution >= 4 is 17.5 Å². The quantitative estimate of drug-likeness (QED) is 0.684. The molecule has 0 bridgehead atoms. The Morgan fingerprint density at radius 2 is 1.77 bits per heavy atom. The van der Waals surface area contributed by atoms with E-state index in [1.54, 1.807) is 0 Å². The number of ketones is 1. The molecule has 1 atom stereocenters. The van der Waals surface area contributed by atoms with Crippen LogP contribution in [0.2, 0.25) is 0 Å². The van der Waals surface area contributed by atoms with Crippen LogP contribution in [0.5, 0.6) is 0 Å². The molecule has 1 aromatic heterocycles.